The van der Waals surface area contributed by atoms with Crippen LogP contribution >= 0.6 is 11.3 Å². The van der Waals surface area contributed by atoms with Gasteiger partial charge in [0.1, 0.15) is 5.78 Å². The van der Waals surface area contributed by atoms with Crippen LogP contribution in [0.5, 0.6) is 0 Å². The first-order valence-electron chi connectivity index (χ1n) is 7.78. The van der Waals surface area contributed by atoms with Crippen LogP contribution in [0.2, 0.25) is 0 Å². The molecular weight excluding hydrogens is 252 g/mol. The first kappa shape index (κ1) is 12.1. The highest BCUT2D eigenvalue weighted by molar-refractivity contribution is 7.07. The number of carbonyl (C=O) groups excluding carboxylic acids is 1. The Morgan fingerprint density at radius 2 is 1.79 bits per heavy atom. The van der Waals surface area contributed by atoms with E-state index in [4.69, 9.17) is 0 Å². The summed E-state index contributed by atoms with van der Waals surface area (Å²) in [5.41, 5.74) is 1.47. The summed E-state index contributed by atoms with van der Waals surface area (Å²) in [6.45, 7) is 0. The van der Waals surface area contributed by atoms with Gasteiger partial charge in [0.25, 0.3) is 0 Å². The quantitative estimate of drug-likeness (QED) is 0.792. The predicted octanol–water partition coefficient (Wildman–Crippen LogP) is 4.47. The van der Waals surface area contributed by atoms with E-state index < -0.39 is 0 Å². The van der Waals surface area contributed by atoms with Crippen molar-refractivity contribution < 1.29 is 4.79 Å². The number of hydrogen-bond acceptors (Lipinski definition) is 2. The highest BCUT2D eigenvalue weighted by Crippen LogP contribution is 2.60. The van der Waals surface area contributed by atoms with Gasteiger partial charge in [0.05, 0.1) is 0 Å². The second kappa shape index (κ2) is 4.44. The molecule has 1 heterocycles. The van der Waals surface area contributed by atoms with Crippen LogP contribution in [0.25, 0.3) is 0 Å². The molecule has 5 rings (SSSR count). The summed E-state index contributed by atoms with van der Waals surface area (Å²) in [6.07, 6.45) is 9.70. The Kier molecular flexibility index (Phi) is 2.84. The minimum absolute atomic E-state index is 0.116. The smallest absolute Gasteiger partial charge is 0.139 e. The third-order valence-electron chi connectivity index (χ3n) is 5.85. The van der Waals surface area contributed by atoms with Gasteiger partial charge >= 0.3 is 0 Å². The Hall–Kier alpha value is -0.630. The SMILES string of the molecule is O=C(CCc1ccsc1)C12CC3CC(CC(C3)C1)C2. The van der Waals surface area contributed by atoms with Crippen molar-refractivity contribution in [3.8, 4) is 0 Å². The lowest BCUT2D eigenvalue weighted by Crippen LogP contribution is -2.50. The molecule has 1 aromatic heterocycles. The highest BCUT2D eigenvalue weighted by Gasteiger charge is 2.53. The molecule has 4 aliphatic rings. The molecule has 0 N–H and O–H groups in total. The third-order valence-corrected chi connectivity index (χ3v) is 6.58. The molecule has 1 nitrogen and oxygen atoms in total. The van der Waals surface area contributed by atoms with Crippen molar-refractivity contribution in [3.05, 3.63) is 22.4 Å². The summed E-state index contributed by atoms with van der Waals surface area (Å²) in [4.78, 5) is 12.8. The van der Waals surface area contributed by atoms with Crippen LogP contribution in [0.4, 0.5) is 0 Å². The molecule has 4 bridgehead atoms. The van der Waals surface area contributed by atoms with Crippen molar-refractivity contribution in [3.63, 3.8) is 0 Å². The van der Waals surface area contributed by atoms with Crippen LogP contribution < -0.4 is 0 Å². The fourth-order valence-corrected chi connectivity index (χ4v) is 6.11. The first-order valence-corrected chi connectivity index (χ1v) is 8.72. The van der Waals surface area contributed by atoms with Crippen molar-refractivity contribution in [2.45, 2.75) is 51.4 Å². The molecule has 0 atom stereocenters. The molecule has 4 fully saturated rings. The van der Waals surface area contributed by atoms with E-state index in [0.29, 0.717) is 5.78 Å². The Bertz CT molecular complexity index is 438. The van der Waals surface area contributed by atoms with Crippen molar-refractivity contribution in [2.24, 2.45) is 23.2 Å². The largest absolute Gasteiger partial charge is 0.299 e. The maximum Gasteiger partial charge on any atom is 0.139 e. The predicted molar refractivity (Wildman–Crippen MR) is 78.3 cm³/mol. The summed E-state index contributed by atoms with van der Waals surface area (Å²) in [7, 11) is 0. The van der Waals surface area contributed by atoms with Crippen LogP contribution in [-0.2, 0) is 11.2 Å². The zero-order chi connectivity index (χ0) is 12.9. The van der Waals surface area contributed by atoms with Crippen LogP contribution in [0.3, 0.4) is 0 Å². The zero-order valence-corrected chi connectivity index (χ0v) is 12.3. The number of carbonyl (C=O) groups is 1. The molecule has 0 aromatic carbocycles. The van der Waals surface area contributed by atoms with E-state index in [0.717, 1.165) is 30.6 Å². The van der Waals surface area contributed by atoms with E-state index in [-0.39, 0.29) is 5.41 Å². The van der Waals surface area contributed by atoms with E-state index in [9.17, 15) is 4.79 Å². The molecule has 102 valence electrons. The van der Waals surface area contributed by atoms with Gasteiger partial charge in [-0.15, -0.1) is 0 Å². The Morgan fingerprint density at radius 3 is 2.32 bits per heavy atom. The Balaban J connectivity index is 1.47. The van der Waals surface area contributed by atoms with Gasteiger partial charge in [-0.2, -0.15) is 11.3 Å². The number of rotatable bonds is 4. The van der Waals surface area contributed by atoms with E-state index in [2.05, 4.69) is 16.8 Å². The molecule has 4 saturated carbocycles. The second-order valence-electron chi connectivity index (χ2n) is 7.25. The topological polar surface area (TPSA) is 17.1 Å². The number of ketones is 1. The van der Waals surface area contributed by atoms with Gasteiger partial charge in [-0.1, -0.05) is 0 Å². The maximum atomic E-state index is 12.8. The summed E-state index contributed by atoms with van der Waals surface area (Å²) in [6, 6.07) is 2.16. The molecule has 2 heteroatoms. The second-order valence-corrected chi connectivity index (χ2v) is 8.03. The van der Waals surface area contributed by atoms with Crippen LogP contribution in [0.1, 0.15) is 50.5 Å². The van der Waals surface area contributed by atoms with Crippen molar-refractivity contribution in [2.75, 3.05) is 0 Å². The van der Waals surface area contributed by atoms with Gasteiger partial charge in [0.15, 0.2) is 0 Å². The fourth-order valence-electron chi connectivity index (χ4n) is 5.41. The first-order chi connectivity index (χ1) is 9.23. The van der Waals surface area contributed by atoms with Crippen LogP contribution in [-0.4, -0.2) is 5.78 Å². The van der Waals surface area contributed by atoms with E-state index >= 15 is 0 Å². The molecule has 0 amide bonds. The van der Waals surface area contributed by atoms with Crippen molar-refractivity contribution in [1.82, 2.24) is 0 Å². The molecule has 4 aliphatic carbocycles. The van der Waals surface area contributed by atoms with Gasteiger partial charge < -0.3 is 0 Å². The van der Waals surface area contributed by atoms with Crippen LogP contribution in [0.15, 0.2) is 16.8 Å². The molecule has 19 heavy (non-hydrogen) atoms. The lowest BCUT2D eigenvalue weighted by Gasteiger charge is -2.56. The molecule has 0 unspecified atom stereocenters. The average molecular weight is 274 g/mol. The van der Waals surface area contributed by atoms with E-state index in [1.54, 1.807) is 11.3 Å². The van der Waals surface area contributed by atoms with Gasteiger partial charge in [-0.25, -0.2) is 0 Å². The molecule has 0 saturated heterocycles. The third kappa shape index (κ3) is 2.08. The molecular formula is C17H22OS. The minimum atomic E-state index is 0.116. The molecule has 0 radical (unpaired) electrons. The number of aryl methyl sites for hydroxylation is 1. The van der Waals surface area contributed by atoms with Crippen molar-refractivity contribution >= 4 is 17.1 Å². The summed E-state index contributed by atoms with van der Waals surface area (Å²) in [5, 5.41) is 4.30. The standard InChI is InChI=1S/C17H22OS/c18-16(2-1-12-3-4-19-11-12)17-8-13-5-14(9-17)7-15(6-13)10-17/h3-4,11,13-15H,1-2,5-10H2. The van der Waals surface area contributed by atoms with E-state index in [1.165, 1.54) is 44.1 Å². The number of hydrogen-bond donors (Lipinski definition) is 0. The number of thiophene rings is 1. The fraction of sp³-hybridized carbons (Fsp3) is 0.706. The Morgan fingerprint density at radius 1 is 1.16 bits per heavy atom. The average Bonchev–Trinajstić information content (AvgIpc) is 2.87. The van der Waals surface area contributed by atoms with Gasteiger partial charge in [-0.05, 0) is 85.1 Å². The monoisotopic (exact) mass is 274 g/mol. The van der Waals surface area contributed by atoms with Gasteiger partial charge in [0.2, 0.25) is 0 Å². The summed E-state index contributed by atoms with van der Waals surface area (Å²) in [5.74, 6) is 3.25. The summed E-state index contributed by atoms with van der Waals surface area (Å²) < 4.78 is 0. The highest BCUT2D eigenvalue weighted by atomic mass is 32.1. The molecule has 0 spiro atoms. The lowest BCUT2D eigenvalue weighted by atomic mass is 9.48. The van der Waals surface area contributed by atoms with Gasteiger partial charge in [-0.3, -0.25) is 4.79 Å². The number of Topliss-reactive ketones (excluding diaryl/α,β-unsaturated/α-hetero) is 1. The van der Waals surface area contributed by atoms with Crippen molar-refractivity contribution in [1.29, 1.82) is 0 Å². The molecule has 1 aromatic rings. The normalized spacial score (nSPS) is 39.7. The lowest BCUT2D eigenvalue weighted by molar-refractivity contribution is -0.143. The molecule has 0 aliphatic heterocycles. The van der Waals surface area contributed by atoms with Gasteiger partial charge in [0, 0.05) is 11.8 Å². The maximum absolute atomic E-state index is 12.8. The zero-order valence-electron chi connectivity index (χ0n) is 11.4. The summed E-state index contributed by atoms with van der Waals surface area (Å²) >= 11 is 1.74. The Labute approximate surface area is 119 Å². The van der Waals surface area contributed by atoms with Crippen LogP contribution in [0, 0.1) is 23.2 Å². The van der Waals surface area contributed by atoms with E-state index in [1.807, 2.05) is 0 Å². The minimum Gasteiger partial charge on any atom is -0.299 e.